The Morgan fingerprint density at radius 3 is 1.40 bits per heavy atom. The van der Waals surface area contributed by atoms with Gasteiger partial charge in [0.05, 0.1) is 11.1 Å². The summed E-state index contributed by atoms with van der Waals surface area (Å²) in [5, 5.41) is 0. The molecular formula is C14H12O6. The summed E-state index contributed by atoms with van der Waals surface area (Å²) < 4.78 is 9.28. The number of carbonyl (C=O) groups excluding carboxylic acids is 4. The first-order valence-corrected chi connectivity index (χ1v) is 6.39. The van der Waals surface area contributed by atoms with Crippen molar-refractivity contribution in [1.29, 1.82) is 0 Å². The van der Waals surface area contributed by atoms with Crippen LogP contribution in [0.1, 0.15) is 26.7 Å². The molecule has 0 bridgehead atoms. The second kappa shape index (κ2) is 4.13. The van der Waals surface area contributed by atoms with E-state index in [1.54, 1.807) is 13.8 Å². The van der Waals surface area contributed by atoms with E-state index in [9.17, 15) is 19.2 Å². The zero-order valence-corrected chi connectivity index (χ0v) is 11.0. The van der Waals surface area contributed by atoms with Gasteiger partial charge in [-0.2, -0.15) is 0 Å². The van der Waals surface area contributed by atoms with Crippen LogP contribution in [0.2, 0.25) is 0 Å². The minimum atomic E-state index is -0.648. The first-order chi connectivity index (χ1) is 9.40. The van der Waals surface area contributed by atoms with Crippen LogP contribution in [0.15, 0.2) is 22.3 Å². The molecule has 2 aliphatic heterocycles. The smallest absolute Gasteiger partial charge is 0.342 e. The van der Waals surface area contributed by atoms with Gasteiger partial charge in [-0.05, 0) is 24.7 Å². The van der Waals surface area contributed by atoms with E-state index in [4.69, 9.17) is 0 Å². The maximum absolute atomic E-state index is 11.7. The van der Waals surface area contributed by atoms with Gasteiger partial charge in [0.1, 0.15) is 0 Å². The lowest BCUT2D eigenvalue weighted by Crippen LogP contribution is -2.17. The lowest BCUT2D eigenvalue weighted by Gasteiger charge is -2.18. The molecule has 3 aliphatic rings. The summed E-state index contributed by atoms with van der Waals surface area (Å²) >= 11 is 0. The molecule has 2 unspecified atom stereocenters. The van der Waals surface area contributed by atoms with E-state index in [2.05, 4.69) is 9.47 Å². The Hall–Kier alpha value is -2.24. The van der Waals surface area contributed by atoms with E-state index in [1.807, 2.05) is 0 Å². The SMILES string of the molecule is CC1CC2=C(C(=O)OC2=O)C(C)CC2=C1C(=O)OC2=O. The van der Waals surface area contributed by atoms with Crippen molar-refractivity contribution in [3.8, 4) is 0 Å². The van der Waals surface area contributed by atoms with Gasteiger partial charge < -0.3 is 9.47 Å². The van der Waals surface area contributed by atoms with Gasteiger partial charge in [-0.1, -0.05) is 13.8 Å². The van der Waals surface area contributed by atoms with Gasteiger partial charge in [0, 0.05) is 11.1 Å². The zero-order chi connectivity index (χ0) is 14.6. The Morgan fingerprint density at radius 1 is 0.700 bits per heavy atom. The summed E-state index contributed by atoms with van der Waals surface area (Å²) in [6.45, 7) is 3.46. The number of hydrogen-bond donors (Lipinski definition) is 0. The number of cyclic esters (lactones) is 4. The molecule has 2 heterocycles. The van der Waals surface area contributed by atoms with Crippen LogP contribution in [0.5, 0.6) is 0 Å². The maximum Gasteiger partial charge on any atom is 0.342 e. The van der Waals surface area contributed by atoms with Crippen LogP contribution in [-0.4, -0.2) is 23.9 Å². The van der Waals surface area contributed by atoms with Crippen LogP contribution >= 0.6 is 0 Å². The lowest BCUT2D eigenvalue weighted by atomic mass is 9.80. The van der Waals surface area contributed by atoms with Crippen LogP contribution in [0.4, 0.5) is 0 Å². The average Bonchev–Trinajstić information content (AvgIpc) is 2.75. The number of carbonyl (C=O) groups is 4. The highest BCUT2D eigenvalue weighted by atomic mass is 16.6. The fourth-order valence-corrected chi connectivity index (χ4v) is 3.07. The van der Waals surface area contributed by atoms with Gasteiger partial charge in [-0.25, -0.2) is 19.2 Å². The third-order valence-electron chi connectivity index (χ3n) is 3.96. The summed E-state index contributed by atoms with van der Waals surface area (Å²) in [4.78, 5) is 46.9. The largest absolute Gasteiger partial charge is 0.386 e. The van der Waals surface area contributed by atoms with Crippen LogP contribution in [0.25, 0.3) is 0 Å². The number of rotatable bonds is 0. The maximum atomic E-state index is 11.7. The summed E-state index contributed by atoms with van der Waals surface area (Å²) in [5.74, 6) is -3.31. The Balaban J connectivity index is 2.09. The standard InChI is InChI=1S/C14H12O6/c1-5-3-7-10(14(18)20-11(7)15)6(2)4-8-9(5)13(17)19-12(8)16/h5-6H,3-4H2,1-2H3. The van der Waals surface area contributed by atoms with Crippen molar-refractivity contribution < 1.29 is 28.7 Å². The minimum absolute atomic E-state index is 0.200. The van der Waals surface area contributed by atoms with Crippen LogP contribution in [0.3, 0.4) is 0 Å². The number of ether oxygens (including phenoxy) is 2. The molecule has 6 heteroatoms. The topological polar surface area (TPSA) is 86.7 Å². The van der Waals surface area contributed by atoms with Gasteiger partial charge in [0.2, 0.25) is 0 Å². The highest BCUT2D eigenvalue weighted by Gasteiger charge is 2.44. The zero-order valence-electron chi connectivity index (χ0n) is 11.0. The fraction of sp³-hybridized carbons (Fsp3) is 0.429. The number of hydrogen-bond acceptors (Lipinski definition) is 6. The molecule has 1 aliphatic carbocycles. The summed E-state index contributed by atoms with van der Waals surface area (Å²) in [5.41, 5.74) is 1.27. The third-order valence-corrected chi connectivity index (χ3v) is 3.96. The summed E-state index contributed by atoms with van der Waals surface area (Å²) in [6.07, 6.45) is 0.400. The first kappa shape index (κ1) is 12.8. The summed E-state index contributed by atoms with van der Waals surface area (Å²) in [7, 11) is 0. The molecule has 104 valence electrons. The van der Waals surface area contributed by atoms with E-state index in [0.29, 0.717) is 22.3 Å². The molecule has 0 aromatic carbocycles. The van der Waals surface area contributed by atoms with E-state index >= 15 is 0 Å². The monoisotopic (exact) mass is 276 g/mol. The van der Waals surface area contributed by atoms with E-state index in [0.717, 1.165) is 0 Å². The van der Waals surface area contributed by atoms with E-state index < -0.39 is 23.9 Å². The second-order valence-electron chi connectivity index (χ2n) is 5.35. The molecule has 6 nitrogen and oxygen atoms in total. The molecule has 0 fully saturated rings. The molecule has 0 amide bonds. The minimum Gasteiger partial charge on any atom is -0.386 e. The van der Waals surface area contributed by atoms with Crippen molar-refractivity contribution in [3.05, 3.63) is 22.3 Å². The quantitative estimate of drug-likeness (QED) is 0.480. The molecule has 0 saturated heterocycles. The summed E-state index contributed by atoms with van der Waals surface area (Å²) in [6, 6.07) is 0. The van der Waals surface area contributed by atoms with Gasteiger partial charge in [-0.3, -0.25) is 0 Å². The van der Waals surface area contributed by atoms with Crippen molar-refractivity contribution in [2.45, 2.75) is 26.7 Å². The van der Waals surface area contributed by atoms with Crippen molar-refractivity contribution in [2.24, 2.45) is 11.8 Å². The van der Waals surface area contributed by atoms with Gasteiger partial charge in [0.25, 0.3) is 0 Å². The van der Waals surface area contributed by atoms with Crippen molar-refractivity contribution in [3.63, 3.8) is 0 Å². The van der Waals surface area contributed by atoms with Crippen LogP contribution < -0.4 is 0 Å². The lowest BCUT2D eigenvalue weighted by molar-refractivity contribution is -0.153. The van der Waals surface area contributed by atoms with Gasteiger partial charge in [0.15, 0.2) is 0 Å². The Labute approximate surface area is 114 Å². The molecule has 0 aromatic rings. The molecule has 0 N–H and O–H groups in total. The predicted octanol–water partition coefficient (Wildman–Crippen LogP) is 0.812. The molecule has 0 saturated carbocycles. The fourth-order valence-electron chi connectivity index (χ4n) is 3.07. The third kappa shape index (κ3) is 1.64. The number of esters is 4. The molecule has 0 radical (unpaired) electrons. The molecule has 20 heavy (non-hydrogen) atoms. The average molecular weight is 276 g/mol. The van der Waals surface area contributed by atoms with Crippen LogP contribution in [0, 0.1) is 11.8 Å². The Bertz CT molecular complexity index is 580. The van der Waals surface area contributed by atoms with Crippen LogP contribution in [-0.2, 0) is 28.7 Å². The second-order valence-corrected chi connectivity index (χ2v) is 5.35. The predicted molar refractivity (Wildman–Crippen MR) is 63.8 cm³/mol. The molecular weight excluding hydrogens is 264 g/mol. The normalized spacial score (nSPS) is 29.9. The van der Waals surface area contributed by atoms with E-state index in [1.165, 1.54) is 0 Å². The van der Waals surface area contributed by atoms with Crippen molar-refractivity contribution in [1.82, 2.24) is 0 Å². The highest BCUT2D eigenvalue weighted by molar-refractivity contribution is 6.15. The van der Waals surface area contributed by atoms with Gasteiger partial charge in [-0.15, -0.1) is 0 Å². The molecule has 3 rings (SSSR count). The van der Waals surface area contributed by atoms with Crippen molar-refractivity contribution >= 4 is 23.9 Å². The molecule has 2 atom stereocenters. The highest BCUT2D eigenvalue weighted by Crippen LogP contribution is 2.40. The molecule has 0 aromatic heterocycles. The van der Waals surface area contributed by atoms with Crippen molar-refractivity contribution in [2.75, 3.05) is 0 Å². The van der Waals surface area contributed by atoms with E-state index in [-0.39, 0.29) is 24.7 Å². The first-order valence-electron chi connectivity index (χ1n) is 6.39. The Kier molecular flexibility index (Phi) is 2.64. The molecule has 0 spiro atoms. The van der Waals surface area contributed by atoms with Gasteiger partial charge >= 0.3 is 23.9 Å². The Morgan fingerprint density at radius 2 is 1.05 bits per heavy atom.